The van der Waals surface area contributed by atoms with Gasteiger partial charge in [0, 0.05) is 24.7 Å². The normalized spacial score (nSPS) is 21.8. The van der Waals surface area contributed by atoms with E-state index in [1.165, 1.54) is 16.7 Å². The van der Waals surface area contributed by atoms with E-state index in [2.05, 4.69) is 10.3 Å². The number of amides is 2. The molecule has 2 N–H and O–H groups in total. The number of carbonyl (C=O) groups is 2. The van der Waals surface area contributed by atoms with Crippen LogP contribution in [-0.4, -0.2) is 44.2 Å². The summed E-state index contributed by atoms with van der Waals surface area (Å²) in [6.07, 6.45) is 3.40. The summed E-state index contributed by atoms with van der Waals surface area (Å²) in [4.78, 5) is 28.7. The summed E-state index contributed by atoms with van der Waals surface area (Å²) in [5, 5.41) is 11.8. The van der Waals surface area contributed by atoms with Crippen molar-refractivity contribution in [2.45, 2.75) is 31.8 Å². The number of aliphatic carboxylic acids is 1. The van der Waals surface area contributed by atoms with Crippen LogP contribution < -0.4 is 5.32 Å². The molecule has 2 heterocycles. The number of nitrogens with zero attached hydrogens (tertiary/aromatic N) is 2. The third-order valence-electron chi connectivity index (χ3n) is 3.31. The Morgan fingerprint density at radius 2 is 2.35 bits per heavy atom. The number of thioether (sulfide) groups is 1. The number of aryl methyl sites for hydroxylation is 1. The van der Waals surface area contributed by atoms with Gasteiger partial charge in [0.1, 0.15) is 6.04 Å². The predicted octanol–water partition coefficient (Wildman–Crippen LogP) is 1.45. The van der Waals surface area contributed by atoms with E-state index in [4.69, 9.17) is 5.11 Å². The Labute approximate surface area is 121 Å². The van der Waals surface area contributed by atoms with Crippen molar-refractivity contribution >= 4 is 23.8 Å². The second-order valence-corrected chi connectivity index (χ2v) is 6.00. The monoisotopic (exact) mass is 295 g/mol. The lowest BCUT2D eigenvalue weighted by Crippen LogP contribution is -2.49. The summed E-state index contributed by atoms with van der Waals surface area (Å²) in [6, 6.07) is 0.742. The van der Waals surface area contributed by atoms with E-state index in [-0.39, 0.29) is 11.4 Å². The number of hydrogen-bond acceptors (Lipinski definition) is 4. The van der Waals surface area contributed by atoms with E-state index in [0.29, 0.717) is 12.3 Å². The molecule has 20 heavy (non-hydrogen) atoms. The molecular weight excluding hydrogens is 278 g/mol. The highest BCUT2D eigenvalue weighted by Gasteiger charge is 2.39. The van der Waals surface area contributed by atoms with Crippen LogP contribution in [0.5, 0.6) is 0 Å². The first kappa shape index (κ1) is 14.6. The molecule has 1 aromatic rings. The van der Waals surface area contributed by atoms with E-state index in [0.717, 1.165) is 11.1 Å². The molecule has 0 bridgehead atoms. The van der Waals surface area contributed by atoms with Crippen molar-refractivity contribution < 1.29 is 14.7 Å². The quantitative estimate of drug-likeness (QED) is 0.882. The number of carboxylic acids is 1. The van der Waals surface area contributed by atoms with Crippen LogP contribution in [0.1, 0.15) is 18.1 Å². The van der Waals surface area contributed by atoms with Gasteiger partial charge in [-0.3, -0.25) is 9.88 Å². The van der Waals surface area contributed by atoms with Gasteiger partial charge in [0.2, 0.25) is 0 Å². The standard InChI is InChI=1S/C13H17N3O3S/c1-8-5-14-4-3-10(8)6-15-13(19)16-9(2)20-7-11(16)12(17)18/h3-5,9,11H,6-7H2,1-2H3,(H,15,19)(H,17,18). The maximum atomic E-state index is 12.2. The molecule has 2 unspecified atom stereocenters. The van der Waals surface area contributed by atoms with Crippen LogP contribution in [0.2, 0.25) is 0 Å². The molecule has 2 rings (SSSR count). The van der Waals surface area contributed by atoms with Gasteiger partial charge in [-0.25, -0.2) is 9.59 Å². The molecule has 6 nitrogen and oxygen atoms in total. The molecule has 2 amide bonds. The maximum Gasteiger partial charge on any atom is 0.327 e. The Bertz CT molecular complexity index is 523. The number of nitrogens with one attached hydrogen (secondary N) is 1. The fraction of sp³-hybridized carbons (Fsp3) is 0.462. The summed E-state index contributed by atoms with van der Waals surface area (Å²) >= 11 is 1.47. The van der Waals surface area contributed by atoms with Gasteiger partial charge < -0.3 is 10.4 Å². The number of aromatic nitrogens is 1. The lowest BCUT2D eigenvalue weighted by atomic mass is 10.1. The highest BCUT2D eigenvalue weighted by Crippen LogP contribution is 2.28. The number of urea groups is 1. The van der Waals surface area contributed by atoms with E-state index in [1.54, 1.807) is 12.4 Å². The summed E-state index contributed by atoms with van der Waals surface area (Å²) in [6.45, 7) is 4.13. The molecule has 0 spiro atoms. The zero-order valence-corrected chi connectivity index (χ0v) is 12.2. The van der Waals surface area contributed by atoms with Gasteiger partial charge in [-0.05, 0) is 31.0 Å². The average Bonchev–Trinajstić information content (AvgIpc) is 2.79. The second-order valence-electron chi connectivity index (χ2n) is 4.65. The van der Waals surface area contributed by atoms with Crippen molar-refractivity contribution in [3.05, 3.63) is 29.6 Å². The molecule has 0 aromatic carbocycles. The molecule has 108 valence electrons. The molecule has 0 saturated carbocycles. The molecule has 1 aliphatic heterocycles. The molecule has 0 aliphatic carbocycles. The van der Waals surface area contributed by atoms with Crippen LogP contribution in [-0.2, 0) is 11.3 Å². The van der Waals surface area contributed by atoms with E-state index in [1.807, 2.05) is 19.9 Å². The van der Waals surface area contributed by atoms with Gasteiger partial charge in [0.15, 0.2) is 0 Å². The Balaban J connectivity index is 2.01. The van der Waals surface area contributed by atoms with Crippen LogP contribution in [0.4, 0.5) is 4.79 Å². The fourth-order valence-corrected chi connectivity index (χ4v) is 3.27. The van der Waals surface area contributed by atoms with Gasteiger partial charge in [-0.15, -0.1) is 11.8 Å². The minimum atomic E-state index is -0.961. The van der Waals surface area contributed by atoms with Gasteiger partial charge in [-0.2, -0.15) is 0 Å². The van der Waals surface area contributed by atoms with Gasteiger partial charge in [0.25, 0.3) is 0 Å². The Hall–Kier alpha value is -1.76. The molecule has 0 radical (unpaired) electrons. The smallest absolute Gasteiger partial charge is 0.327 e. The van der Waals surface area contributed by atoms with Crippen molar-refractivity contribution in [2.75, 3.05) is 5.75 Å². The Kier molecular flexibility index (Phi) is 4.49. The highest BCUT2D eigenvalue weighted by molar-refractivity contribution is 8.00. The molecule has 1 saturated heterocycles. The number of rotatable bonds is 3. The molecule has 1 aromatic heterocycles. The average molecular weight is 295 g/mol. The van der Waals surface area contributed by atoms with E-state index >= 15 is 0 Å². The molecular formula is C13H17N3O3S. The van der Waals surface area contributed by atoms with Crippen LogP contribution in [0, 0.1) is 6.92 Å². The van der Waals surface area contributed by atoms with E-state index < -0.39 is 12.0 Å². The number of hydrogen-bond donors (Lipinski definition) is 2. The number of carbonyl (C=O) groups excluding carboxylic acids is 1. The third-order valence-corrected chi connectivity index (χ3v) is 4.53. The molecule has 1 fully saturated rings. The van der Waals surface area contributed by atoms with Crippen LogP contribution in [0.25, 0.3) is 0 Å². The number of carboxylic acid groups (broad SMARTS) is 1. The molecule has 7 heteroatoms. The van der Waals surface area contributed by atoms with Gasteiger partial charge in [0.05, 0.1) is 5.37 Å². The second kappa shape index (κ2) is 6.13. The van der Waals surface area contributed by atoms with Crippen molar-refractivity contribution in [3.63, 3.8) is 0 Å². The van der Waals surface area contributed by atoms with Crippen LogP contribution in [0.15, 0.2) is 18.5 Å². The van der Waals surface area contributed by atoms with Crippen molar-refractivity contribution in [1.82, 2.24) is 15.2 Å². The first-order valence-electron chi connectivity index (χ1n) is 6.30. The molecule has 1 aliphatic rings. The SMILES string of the molecule is Cc1cnccc1CNC(=O)N1C(C)SCC1C(=O)O. The zero-order chi connectivity index (χ0) is 14.7. The summed E-state index contributed by atoms with van der Waals surface area (Å²) < 4.78 is 0. The topological polar surface area (TPSA) is 82.5 Å². The first-order valence-corrected chi connectivity index (χ1v) is 7.35. The molecule has 2 atom stereocenters. The van der Waals surface area contributed by atoms with Crippen molar-refractivity contribution in [3.8, 4) is 0 Å². The minimum absolute atomic E-state index is 0.130. The first-order chi connectivity index (χ1) is 9.50. The summed E-state index contributed by atoms with van der Waals surface area (Å²) in [5.74, 6) is -0.532. The van der Waals surface area contributed by atoms with E-state index in [9.17, 15) is 9.59 Å². The van der Waals surface area contributed by atoms with Gasteiger partial charge >= 0.3 is 12.0 Å². The fourth-order valence-electron chi connectivity index (χ4n) is 2.10. The maximum absolute atomic E-state index is 12.2. The summed E-state index contributed by atoms with van der Waals surface area (Å²) in [7, 11) is 0. The Morgan fingerprint density at radius 1 is 1.60 bits per heavy atom. The van der Waals surface area contributed by atoms with Gasteiger partial charge in [-0.1, -0.05) is 0 Å². The lowest BCUT2D eigenvalue weighted by Gasteiger charge is -2.25. The van der Waals surface area contributed by atoms with Crippen LogP contribution in [0.3, 0.4) is 0 Å². The Morgan fingerprint density at radius 3 is 3.00 bits per heavy atom. The van der Waals surface area contributed by atoms with Crippen molar-refractivity contribution in [2.24, 2.45) is 0 Å². The highest BCUT2D eigenvalue weighted by atomic mass is 32.2. The van der Waals surface area contributed by atoms with Crippen molar-refractivity contribution in [1.29, 1.82) is 0 Å². The lowest BCUT2D eigenvalue weighted by molar-refractivity contribution is -0.141. The summed E-state index contributed by atoms with van der Waals surface area (Å²) in [5.41, 5.74) is 1.96. The number of pyridine rings is 1. The van der Waals surface area contributed by atoms with Crippen LogP contribution >= 0.6 is 11.8 Å². The zero-order valence-electron chi connectivity index (χ0n) is 11.4. The third kappa shape index (κ3) is 3.04. The largest absolute Gasteiger partial charge is 0.480 e. The minimum Gasteiger partial charge on any atom is -0.480 e. The predicted molar refractivity (Wildman–Crippen MR) is 76.4 cm³/mol.